The Kier molecular flexibility index (Phi) is 2.45. The van der Waals surface area contributed by atoms with Gasteiger partial charge in [-0.25, -0.2) is 0 Å². The van der Waals surface area contributed by atoms with Crippen LogP contribution in [0.2, 0.25) is 0 Å². The molecule has 0 aromatic heterocycles. The molecule has 1 saturated heterocycles. The van der Waals surface area contributed by atoms with E-state index < -0.39 is 4.33 Å². The predicted octanol–water partition coefficient (Wildman–Crippen LogP) is 2.10. The number of hydrogen-bond donors (Lipinski definition) is 1. The van der Waals surface area contributed by atoms with Crippen LogP contribution >= 0.6 is 23.2 Å². The summed E-state index contributed by atoms with van der Waals surface area (Å²) in [5, 5.41) is 2.77. The van der Waals surface area contributed by atoms with Gasteiger partial charge in [-0.3, -0.25) is 4.79 Å². The van der Waals surface area contributed by atoms with Crippen LogP contribution in [0.25, 0.3) is 0 Å². The van der Waals surface area contributed by atoms with Crippen LogP contribution < -0.4 is 5.32 Å². The summed E-state index contributed by atoms with van der Waals surface area (Å²) in [5.41, 5.74) is 0. The van der Waals surface area contributed by atoms with E-state index in [0.29, 0.717) is 5.92 Å². The molecule has 0 aromatic carbocycles. The van der Waals surface area contributed by atoms with Gasteiger partial charge < -0.3 is 5.32 Å². The maximum Gasteiger partial charge on any atom is 0.256 e. The quantitative estimate of drug-likeness (QED) is 0.625. The molecule has 0 spiro atoms. The first kappa shape index (κ1) is 9.60. The van der Waals surface area contributed by atoms with Gasteiger partial charge in [-0.1, -0.05) is 36.0 Å². The van der Waals surface area contributed by atoms with Crippen LogP contribution in [-0.4, -0.2) is 16.8 Å². The van der Waals surface area contributed by atoms with Crippen LogP contribution in [-0.2, 0) is 4.79 Å². The molecule has 4 heteroatoms. The average Bonchev–Trinajstić information content (AvgIpc) is 2.13. The Morgan fingerprint density at radius 2 is 2.00 bits per heavy atom. The Balaban J connectivity index is 2.19. The Labute approximate surface area is 88.0 Å². The molecule has 74 valence electrons. The largest absolute Gasteiger partial charge is 0.353 e. The molecule has 1 heterocycles. The van der Waals surface area contributed by atoms with Crippen LogP contribution in [0.1, 0.15) is 25.7 Å². The van der Waals surface area contributed by atoms with Crippen molar-refractivity contribution in [1.29, 1.82) is 0 Å². The zero-order chi connectivity index (χ0) is 9.47. The SMILES string of the molecule is O=C1NC[C@H]2CCCC[C@@H]2C1(Cl)Cl. The van der Waals surface area contributed by atoms with Crippen molar-refractivity contribution in [2.75, 3.05) is 6.54 Å². The van der Waals surface area contributed by atoms with Gasteiger partial charge in [0.05, 0.1) is 0 Å². The Morgan fingerprint density at radius 1 is 1.31 bits per heavy atom. The van der Waals surface area contributed by atoms with Crippen LogP contribution in [0, 0.1) is 11.8 Å². The van der Waals surface area contributed by atoms with Crippen molar-refractivity contribution in [1.82, 2.24) is 5.32 Å². The number of fused-ring (bicyclic) bond motifs is 1. The molecule has 1 saturated carbocycles. The number of halogens is 2. The van der Waals surface area contributed by atoms with Gasteiger partial charge in [-0.05, 0) is 18.8 Å². The summed E-state index contributed by atoms with van der Waals surface area (Å²) in [6, 6.07) is 0. The number of piperidine rings is 1. The average molecular weight is 222 g/mol. The van der Waals surface area contributed by atoms with Gasteiger partial charge >= 0.3 is 0 Å². The minimum absolute atomic E-state index is 0.165. The zero-order valence-corrected chi connectivity index (χ0v) is 8.87. The van der Waals surface area contributed by atoms with Gasteiger partial charge in [0.15, 0.2) is 4.33 Å². The van der Waals surface area contributed by atoms with Crippen molar-refractivity contribution in [3.8, 4) is 0 Å². The standard InChI is InChI=1S/C9H13Cl2NO/c10-9(11)7-4-2-1-3-6(7)5-12-8(9)13/h6-7H,1-5H2,(H,12,13)/t6-,7+/m1/s1. The molecule has 13 heavy (non-hydrogen) atoms. The molecule has 1 N–H and O–H groups in total. The third kappa shape index (κ3) is 1.55. The van der Waals surface area contributed by atoms with Gasteiger partial charge in [-0.2, -0.15) is 0 Å². The molecule has 2 fully saturated rings. The lowest BCUT2D eigenvalue weighted by Crippen LogP contribution is -2.55. The van der Waals surface area contributed by atoms with Crippen LogP contribution in [0.4, 0.5) is 0 Å². The van der Waals surface area contributed by atoms with Crippen LogP contribution in [0.15, 0.2) is 0 Å². The highest BCUT2D eigenvalue weighted by Crippen LogP contribution is 2.45. The van der Waals surface area contributed by atoms with Crippen molar-refractivity contribution in [2.24, 2.45) is 11.8 Å². The second-order valence-corrected chi connectivity index (χ2v) is 5.37. The van der Waals surface area contributed by atoms with E-state index in [1.54, 1.807) is 0 Å². The van der Waals surface area contributed by atoms with E-state index in [4.69, 9.17) is 23.2 Å². The van der Waals surface area contributed by atoms with Crippen molar-refractivity contribution in [3.63, 3.8) is 0 Å². The highest BCUT2D eigenvalue weighted by atomic mass is 35.5. The normalized spacial score (nSPS) is 37.8. The van der Waals surface area contributed by atoms with Crippen molar-refractivity contribution < 1.29 is 4.79 Å². The van der Waals surface area contributed by atoms with E-state index in [9.17, 15) is 4.79 Å². The number of carbonyl (C=O) groups excluding carboxylic acids is 1. The van der Waals surface area contributed by atoms with Gasteiger partial charge in [0.25, 0.3) is 5.91 Å². The fourth-order valence-electron chi connectivity index (χ4n) is 2.44. The summed E-state index contributed by atoms with van der Waals surface area (Å²) >= 11 is 12.1. The topological polar surface area (TPSA) is 29.1 Å². The molecule has 1 amide bonds. The highest BCUT2D eigenvalue weighted by molar-refractivity contribution is 6.58. The van der Waals surface area contributed by atoms with Crippen molar-refractivity contribution in [3.05, 3.63) is 0 Å². The summed E-state index contributed by atoms with van der Waals surface area (Å²) in [5.74, 6) is 0.443. The molecule has 0 unspecified atom stereocenters. The molecule has 2 atom stereocenters. The number of amides is 1. The fourth-order valence-corrected chi connectivity index (χ4v) is 3.15. The fraction of sp³-hybridized carbons (Fsp3) is 0.889. The van der Waals surface area contributed by atoms with E-state index in [2.05, 4.69) is 5.32 Å². The Hall–Kier alpha value is 0.0500. The molecule has 0 aromatic rings. The first-order valence-electron chi connectivity index (χ1n) is 4.78. The monoisotopic (exact) mass is 221 g/mol. The number of alkyl halides is 2. The van der Waals surface area contributed by atoms with Crippen LogP contribution in [0.3, 0.4) is 0 Å². The number of rotatable bonds is 0. The maximum absolute atomic E-state index is 11.4. The summed E-state index contributed by atoms with van der Waals surface area (Å²) in [6.07, 6.45) is 4.52. The molecule has 2 aliphatic rings. The lowest BCUT2D eigenvalue weighted by Gasteiger charge is -2.42. The van der Waals surface area contributed by atoms with E-state index in [1.165, 1.54) is 6.42 Å². The van der Waals surface area contributed by atoms with Gasteiger partial charge in [0, 0.05) is 12.5 Å². The Morgan fingerprint density at radius 3 is 2.77 bits per heavy atom. The molecular weight excluding hydrogens is 209 g/mol. The first-order chi connectivity index (χ1) is 6.12. The number of carbonyl (C=O) groups is 1. The molecular formula is C9H13Cl2NO. The number of nitrogens with one attached hydrogen (secondary N) is 1. The minimum atomic E-state index is -1.18. The van der Waals surface area contributed by atoms with Crippen molar-refractivity contribution in [2.45, 2.75) is 30.0 Å². The summed E-state index contributed by atoms with van der Waals surface area (Å²) in [6.45, 7) is 0.755. The zero-order valence-electron chi connectivity index (χ0n) is 7.35. The maximum atomic E-state index is 11.4. The second-order valence-electron chi connectivity index (χ2n) is 3.98. The van der Waals surface area contributed by atoms with Gasteiger partial charge in [-0.15, -0.1) is 0 Å². The van der Waals surface area contributed by atoms with E-state index >= 15 is 0 Å². The summed E-state index contributed by atoms with van der Waals surface area (Å²) in [7, 11) is 0. The van der Waals surface area contributed by atoms with E-state index in [1.807, 2.05) is 0 Å². The smallest absolute Gasteiger partial charge is 0.256 e. The van der Waals surface area contributed by atoms with Gasteiger partial charge in [0.1, 0.15) is 0 Å². The number of hydrogen-bond acceptors (Lipinski definition) is 1. The first-order valence-corrected chi connectivity index (χ1v) is 5.54. The van der Waals surface area contributed by atoms with E-state index in [0.717, 1.165) is 25.8 Å². The van der Waals surface area contributed by atoms with E-state index in [-0.39, 0.29) is 11.8 Å². The predicted molar refractivity (Wildman–Crippen MR) is 52.9 cm³/mol. The lowest BCUT2D eigenvalue weighted by molar-refractivity contribution is -0.126. The molecule has 2 rings (SSSR count). The second kappa shape index (κ2) is 3.32. The molecule has 0 radical (unpaired) electrons. The molecule has 1 aliphatic heterocycles. The van der Waals surface area contributed by atoms with Crippen molar-refractivity contribution >= 4 is 29.1 Å². The third-order valence-corrected chi connectivity index (χ3v) is 4.11. The van der Waals surface area contributed by atoms with Crippen LogP contribution in [0.5, 0.6) is 0 Å². The minimum Gasteiger partial charge on any atom is -0.353 e. The molecule has 0 bridgehead atoms. The third-order valence-electron chi connectivity index (χ3n) is 3.20. The Bertz CT molecular complexity index is 230. The lowest BCUT2D eigenvalue weighted by atomic mass is 9.75. The highest BCUT2D eigenvalue weighted by Gasteiger charge is 2.49. The summed E-state index contributed by atoms with van der Waals surface area (Å²) in [4.78, 5) is 11.4. The summed E-state index contributed by atoms with van der Waals surface area (Å²) < 4.78 is -1.18. The molecule has 2 nitrogen and oxygen atoms in total. The van der Waals surface area contributed by atoms with Gasteiger partial charge in [0.2, 0.25) is 0 Å². The molecule has 1 aliphatic carbocycles.